The molecule has 0 aliphatic carbocycles. The summed E-state index contributed by atoms with van der Waals surface area (Å²) in [7, 11) is -7.74. The highest BCUT2D eigenvalue weighted by Gasteiger charge is 2.39. The van der Waals surface area contributed by atoms with Crippen LogP contribution in [0.4, 0.5) is 4.39 Å². The lowest BCUT2D eigenvalue weighted by Gasteiger charge is -2.23. The van der Waals surface area contributed by atoms with Gasteiger partial charge in [0, 0.05) is 11.4 Å². The van der Waals surface area contributed by atoms with E-state index in [0.717, 1.165) is 27.8 Å². The number of primary sulfonamides is 1. The SMILES string of the molecule is NS(=O)(=O)c1ccc(CNC(=O)C2CCCN2S(=O)(=O)c2ccc(F)cc2)s1. The molecule has 1 amide bonds. The summed E-state index contributed by atoms with van der Waals surface area (Å²) in [6.45, 7) is 0.242. The van der Waals surface area contributed by atoms with Crippen LogP contribution in [0, 0.1) is 5.82 Å². The van der Waals surface area contributed by atoms with Crippen LogP contribution in [-0.2, 0) is 31.4 Å². The second-order valence-electron chi connectivity index (χ2n) is 6.21. The third kappa shape index (κ3) is 4.41. The van der Waals surface area contributed by atoms with Crippen molar-refractivity contribution in [3.8, 4) is 0 Å². The van der Waals surface area contributed by atoms with Gasteiger partial charge in [0.05, 0.1) is 11.4 Å². The van der Waals surface area contributed by atoms with Crippen molar-refractivity contribution in [1.29, 1.82) is 0 Å². The van der Waals surface area contributed by atoms with Crippen molar-refractivity contribution in [2.24, 2.45) is 5.14 Å². The van der Waals surface area contributed by atoms with Gasteiger partial charge in [-0.2, -0.15) is 4.31 Å². The van der Waals surface area contributed by atoms with Crippen molar-refractivity contribution in [1.82, 2.24) is 9.62 Å². The predicted molar refractivity (Wildman–Crippen MR) is 101 cm³/mol. The van der Waals surface area contributed by atoms with Gasteiger partial charge in [0.2, 0.25) is 26.0 Å². The van der Waals surface area contributed by atoms with E-state index in [1.165, 1.54) is 24.3 Å². The second-order valence-corrected chi connectivity index (χ2v) is 11.1. The maximum Gasteiger partial charge on any atom is 0.247 e. The lowest BCUT2D eigenvalue weighted by Crippen LogP contribution is -2.45. The third-order valence-corrected chi connectivity index (χ3v) is 8.73. The summed E-state index contributed by atoms with van der Waals surface area (Å²) in [6, 6.07) is 6.44. The van der Waals surface area contributed by atoms with Gasteiger partial charge in [0.1, 0.15) is 16.1 Å². The minimum atomic E-state index is -3.94. The van der Waals surface area contributed by atoms with Crippen molar-refractivity contribution in [2.45, 2.75) is 34.5 Å². The highest BCUT2D eigenvalue weighted by molar-refractivity contribution is 7.91. The number of nitrogens with one attached hydrogen (secondary N) is 1. The number of rotatable bonds is 6. The molecule has 12 heteroatoms. The summed E-state index contributed by atoms with van der Waals surface area (Å²) in [4.78, 5) is 13.0. The lowest BCUT2D eigenvalue weighted by atomic mass is 10.2. The molecule has 1 unspecified atom stereocenters. The largest absolute Gasteiger partial charge is 0.350 e. The molecule has 0 spiro atoms. The average molecular weight is 448 g/mol. The standard InChI is InChI=1S/C16H18FN3O5S3/c17-11-3-6-13(7-4-11)28(24,25)20-9-1-2-14(20)16(21)19-10-12-5-8-15(26-12)27(18,22)23/h3-8,14H,1-2,9-10H2,(H,19,21)(H2,18,22,23). The first-order valence-electron chi connectivity index (χ1n) is 8.26. The van der Waals surface area contributed by atoms with Crippen LogP contribution < -0.4 is 10.5 Å². The molecule has 1 aromatic carbocycles. The molecule has 1 atom stereocenters. The highest BCUT2D eigenvalue weighted by atomic mass is 32.2. The Bertz CT molecular complexity index is 1080. The fourth-order valence-corrected chi connectivity index (χ4v) is 6.30. The highest BCUT2D eigenvalue weighted by Crippen LogP contribution is 2.27. The van der Waals surface area contributed by atoms with Crippen LogP contribution in [0.3, 0.4) is 0 Å². The molecule has 2 aromatic rings. The van der Waals surface area contributed by atoms with E-state index < -0.39 is 37.8 Å². The van der Waals surface area contributed by atoms with Crippen molar-refractivity contribution >= 4 is 37.3 Å². The maximum atomic E-state index is 13.1. The van der Waals surface area contributed by atoms with E-state index >= 15 is 0 Å². The summed E-state index contributed by atoms with van der Waals surface area (Å²) in [6.07, 6.45) is 0.881. The Kier molecular flexibility index (Phi) is 5.87. The van der Waals surface area contributed by atoms with Crippen LogP contribution in [0.5, 0.6) is 0 Å². The van der Waals surface area contributed by atoms with Crippen LogP contribution in [0.15, 0.2) is 45.5 Å². The zero-order valence-corrected chi connectivity index (χ0v) is 17.0. The van der Waals surface area contributed by atoms with Gasteiger partial charge in [-0.15, -0.1) is 11.3 Å². The Labute approximate surface area is 166 Å². The van der Waals surface area contributed by atoms with Gasteiger partial charge < -0.3 is 5.32 Å². The molecule has 2 heterocycles. The number of hydrogen-bond acceptors (Lipinski definition) is 6. The summed E-state index contributed by atoms with van der Waals surface area (Å²) < 4.78 is 62.4. The van der Waals surface area contributed by atoms with Gasteiger partial charge in [-0.05, 0) is 49.2 Å². The van der Waals surface area contributed by atoms with E-state index in [4.69, 9.17) is 5.14 Å². The van der Waals surface area contributed by atoms with Gasteiger partial charge in [-0.25, -0.2) is 26.4 Å². The number of nitrogens with two attached hydrogens (primary N) is 1. The molecule has 0 saturated carbocycles. The third-order valence-electron chi connectivity index (χ3n) is 4.28. The first kappa shape index (κ1) is 20.9. The molecule has 8 nitrogen and oxygen atoms in total. The number of carbonyl (C=O) groups excluding carboxylic acids is 1. The first-order chi connectivity index (χ1) is 13.1. The number of hydrogen-bond donors (Lipinski definition) is 2. The maximum absolute atomic E-state index is 13.1. The van der Waals surface area contributed by atoms with Gasteiger partial charge >= 0.3 is 0 Å². The fourth-order valence-electron chi connectivity index (χ4n) is 2.93. The topological polar surface area (TPSA) is 127 Å². The number of carbonyl (C=O) groups is 1. The molecule has 28 heavy (non-hydrogen) atoms. The molecular formula is C16H18FN3O5S3. The Morgan fingerprint density at radius 3 is 2.46 bits per heavy atom. The molecule has 1 saturated heterocycles. The quantitative estimate of drug-likeness (QED) is 0.683. The molecule has 3 rings (SSSR count). The number of benzene rings is 1. The van der Waals surface area contributed by atoms with E-state index in [-0.39, 0.29) is 22.2 Å². The molecule has 3 N–H and O–H groups in total. The fraction of sp³-hybridized carbons (Fsp3) is 0.312. The Morgan fingerprint density at radius 2 is 1.86 bits per heavy atom. The van der Waals surface area contributed by atoms with Crippen molar-refractivity contribution < 1.29 is 26.0 Å². The Morgan fingerprint density at radius 1 is 1.18 bits per heavy atom. The van der Waals surface area contributed by atoms with E-state index in [0.29, 0.717) is 17.7 Å². The van der Waals surface area contributed by atoms with Crippen molar-refractivity contribution in [3.63, 3.8) is 0 Å². The van der Waals surface area contributed by atoms with Gasteiger partial charge in [-0.1, -0.05) is 0 Å². The summed E-state index contributed by atoms with van der Waals surface area (Å²) in [5.41, 5.74) is 0. The monoisotopic (exact) mass is 447 g/mol. The second kappa shape index (κ2) is 7.87. The van der Waals surface area contributed by atoms with Gasteiger partial charge in [-0.3, -0.25) is 4.79 Å². The first-order valence-corrected chi connectivity index (χ1v) is 12.1. The smallest absolute Gasteiger partial charge is 0.247 e. The zero-order chi connectivity index (χ0) is 20.5. The van der Waals surface area contributed by atoms with Crippen LogP contribution in [0.1, 0.15) is 17.7 Å². The van der Waals surface area contributed by atoms with E-state index in [9.17, 15) is 26.0 Å². The minimum absolute atomic E-state index is 0.0156. The Balaban J connectivity index is 1.71. The van der Waals surface area contributed by atoms with Crippen LogP contribution in [-0.4, -0.2) is 39.6 Å². The summed E-state index contributed by atoms with van der Waals surface area (Å²) in [5, 5.41) is 7.69. The predicted octanol–water partition coefficient (Wildman–Crippen LogP) is 1.00. The number of sulfonamides is 2. The summed E-state index contributed by atoms with van der Waals surface area (Å²) >= 11 is 0.934. The zero-order valence-electron chi connectivity index (χ0n) is 14.5. The van der Waals surface area contributed by atoms with Gasteiger partial charge in [0.25, 0.3) is 0 Å². The molecule has 1 aliphatic rings. The normalized spacial score (nSPS) is 18.3. The van der Waals surface area contributed by atoms with E-state index in [1.807, 2.05) is 0 Å². The minimum Gasteiger partial charge on any atom is -0.350 e. The van der Waals surface area contributed by atoms with E-state index in [1.54, 1.807) is 0 Å². The van der Waals surface area contributed by atoms with Crippen molar-refractivity contribution in [3.05, 3.63) is 47.1 Å². The van der Waals surface area contributed by atoms with Gasteiger partial charge in [0.15, 0.2) is 0 Å². The van der Waals surface area contributed by atoms with Crippen LogP contribution in [0.2, 0.25) is 0 Å². The molecule has 1 aromatic heterocycles. The van der Waals surface area contributed by atoms with E-state index in [2.05, 4.69) is 5.32 Å². The molecule has 0 bridgehead atoms. The molecule has 152 valence electrons. The molecule has 0 radical (unpaired) electrons. The molecular weight excluding hydrogens is 429 g/mol. The number of thiophene rings is 1. The Hall–Kier alpha value is -1.86. The average Bonchev–Trinajstić information content (AvgIpc) is 3.29. The van der Waals surface area contributed by atoms with Crippen LogP contribution >= 0.6 is 11.3 Å². The molecule has 1 aliphatic heterocycles. The lowest BCUT2D eigenvalue weighted by molar-refractivity contribution is -0.124. The van der Waals surface area contributed by atoms with Crippen LogP contribution in [0.25, 0.3) is 0 Å². The summed E-state index contributed by atoms with van der Waals surface area (Å²) in [5.74, 6) is -1.03. The number of halogens is 1. The molecule has 1 fully saturated rings. The number of amides is 1. The van der Waals surface area contributed by atoms with Crippen molar-refractivity contribution in [2.75, 3.05) is 6.54 Å². The number of nitrogens with zero attached hydrogens (tertiary/aromatic N) is 1.